The second-order valence-electron chi connectivity index (χ2n) is 4.84. The molecule has 0 aliphatic heterocycles. The van der Waals surface area contributed by atoms with Gasteiger partial charge in [0.15, 0.2) is 0 Å². The first kappa shape index (κ1) is 11.4. The molecule has 0 saturated heterocycles. The topological polar surface area (TPSA) is 43.4 Å². The molecular weight excluding hydrogens is 204 g/mol. The van der Waals surface area contributed by atoms with Crippen molar-refractivity contribution in [3.63, 3.8) is 0 Å². The molecule has 3 heteroatoms. The van der Waals surface area contributed by atoms with Crippen molar-refractivity contribution in [1.82, 2.24) is 0 Å². The molecule has 0 radical (unpaired) electrons. The summed E-state index contributed by atoms with van der Waals surface area (Å²) in [6, 6.07) is 0. The van der Waals surface area contributed by atoms with Crippen molar-refractivity contribution >= 4 is 12.3 Å². The summed E-state index contributed by atoms with van der Waals surface area (Å²) in [6.07, 6.45) is 6.75. The first-order valence-corrected chi connectivity index (χ1v) is 6.01. The fraction of sp³-hybridized carbons (Fsp3) is 0.692. The molecule has 0 N–H and O–H groups in total. The normalized spacial score (nSPS) is 37.4. The van der Waals surface area contributed by atoms with Gasteiger partial charge < -0.3 is 9.53 Å². The molecule has 0 spiro atoms. The maximum Gasteiger partial charge on any atom is 0.310 e. The Morgan fingerprint density at radius 1 is 1.50 bits per heavy atom. The van der Waals surface area contributed by atoms with Gasteiger partial charge in [-0.05, 0) is 31.6 Å². The van der Waals surface area contributed by atoms with Crippen LogP contribution in [-0.2, 0) is 14.3 Å². The smallest absolute Gasteiger partial charge is 0.310 e. The van der Waals surface area contributed by atoms with Crippen LogP contribution in [0, 0.1) is 23.7 Å². The third-order valence-electron chi connectivity index (χ3n) is 3.84. The van der Waals surface area contributed by atoms with Crippen molar-refractivity contribution < 1.29 is 14.3 Å². The summed E-state index contributed by atoms with van der Waals surface area (Å²) in [5, 5.41) is 0. The third-order valence-corrected chi connectivity index (χ3v) is 3.84. The number of hydrogen-bond donors (Lipinski definition) is 0. The zero-order valence-corrected chi connectivity index (χ0v) is 9.76. The van der Waals surface area contributed by atoms with E-state index in [0.29, 0.717) is 0 Å². The molecular formula is C13H18O3. The Balaban J connectivity index is 2.06. The monoisotopic (exact) mass is 222 g/mol. The van der Waals surface area contributed by atoms with E-state index < -0.39 is 0 Å². The minimum Gasteiger partial charge on any atom is -0.462 e. The standard InChI is InChI=1S/C13H18O3/c1-3-8(2)16-13(15)12-10-5-4-9(6-10)11(12)7-14/h4-5,7-12H,3,6H2,1-2H3. The molecule has 0 heterocycles. The molecule has 3 nitrogen and oxygen atoms in total. The van der Waals surface area contributed by atoms with Gasteiger partial charge in [-0.2, -0.15) is 0 Å². The maximum atomic E-state index is 12.0. The minimum atomic E-state index is -0.235. The molecule has 1 saturated carbocycles. The summed E-state index contributed by atoms with van der Waals surface area (Å²) in [7, 11) is 0. The number of rotatable bonds is 4. The molecule has 0 aromatic carbocycles. The average molecular weight is 222 g/mol. The van der Waals surface area contributed by atoms with E-state index in [9.17, 15) is 9.59 Å². The highest BCUT2D eigenvalue weighted by molar-refractivity contribution is 5.79. The van der Waals surface area contributed by atoms with Crippen molar-refractivity contribution in [2.75, 3.05) is 0 Å². The summed E-state index contributed by atoms with van der Waals surface area (Å²) >= 11 is 0. The molecule has 1 fully saturated rings. The van der Waals surface area contributed by atoms with Crippen LogP contribution in [0.15, 0.2) is 12.2 Å². The van der Waals surface area contributed by atoms with E-state index in [4.69, 9.17) is 4.74 Å². The summed E-state index contributed by atoms with van der Waals surface area (Å²) in [6.45, 7) is 3.87. The first-order valence-electron chi connectivity index (χ1n) is 6.01. The van der Waals surface area contributed by atoms with Crippen LogP contribution in [-0.4, -0.2) is 18.4 Å². The van der Waals surface area contributed by atoms with Gasteiger partial charge in [-0.3, -0.25) is 4.79 Å². The van der Waals surface area contributed by atoms with Gasteiger partial charge in [0.2, 0.25) is 0 Å². The lowest BCUT2D eigenvalue weighted by atomic mass is 9.84. The van der Waals surface area contributed by atoms with Gasteiger partial charge in [0, 0.05) is 5.92 Å². The number of esters is 1. The Hall–Kier alpha value is -1.12. The second kappa shape index (κ2) is 4.40. The van der Waals surface area contributed by atoms with Crippen LogP contribution in [0.4, 0.5) is 0 Å². The van der Waals surface area contributed by atoms with Crippen molar-refractivity contribution in [2.45, 2.75) is 32.8 Å². The van der Waals surface area contributed by atoms with Crippen LogP contribution in [0.3, 0.4) is 0 Å². The van der Waals surface area contributed by atoms with Gasteiger partial charge in [0.05, 0.1) is 12.0 Å². The third kappa shape index (κ3) is 1.79. The Labute approximate surface area is 95.9 Å². The molecule has 2 bridgehead atoms. The van der Waals surface area contributed by atoms with E-state index in [2.05, 4.69) is 12.2 Å². The summed E-state index contributed by atoms with van der Waals surface area (Å²) in [5.74, 6) is -0.106. The van der Waals surface area contributed by atoms with Crippen molar-refractivity contribution in [3.8, 4) is 0 Å². The van der Waals surface area contributed by atoms with E-state index in [1.165, 1.54) is 0 Å². The highest BCUT2D eigenvalue weighted by Gasteiger charge is 2.49. The van der Waals surface area contributed by atoms with E-state index in [1.807, 2.05) is 13.8 Å². The van der Waals surface area contributed by atoms with Crippen molar-refractivity contribution in [2.24, 2.45) is 23.7 Å². The van der Waals surface area contributed by atoms with Crippen LogP contribution < -0.4 is 0 Å². The van der Waals surface area contributed by atoms with Crippen LogP contribution >= 0.6 is 0 Å². The summed E-state index contributed by atoms with van der Waals surface area (Å²) in [5.41, 5.74) is 0. The minimum absolute atomic E-state index is 0.0529. The largest absolute Gasteiger partial charge is 0.462 e. The lowest BCUT2D eigenvalue weighted by Crippen LogP contribution is -2.32. The van der Waals surface area contributed by atoms with Crippen molar-refractivity contribution in [1.29, 1.82) is 0 Å². The molecule has 2 aliphatic rings. The summed E-state index contributed by atoms with van der Waals surface area (Å²) in [4.78, 5) is 23.0. The molecule has 5 atom stereocenters. The predicted octanol–water partition coefficient (Wildman–Crippen LogP) is 1.97. The lowest BCUT2D eigenvalue weighted by Gasteiger charge is -2.23. The SMILES string of the molecule is CCC(C)OC(=O)C1C2C=CC(C2)C1C=O. The van der Waals surface area contributed by atoms with Gasteiger partial charge in [-0.1, -0.05) is 19.1 Å². The van der Waals surface area contributed by atoms with Crippen LogP contribution in [0.1, 0.15) is 26.7 Å². The number of allylic oxidation sites excluding steroid dienone is 2. The fourth-order valence-corrected chi connectivity index (χ4v) is 2.74. The maximum absolute atomic E-state index is 12.0. The number of carbonyl (C=O) groups excluding carboxylic acids is 2. The number of hydrogen-bond acceptors (Lipinski definition) is 3. The number of carbonyl (C=O) groups is 2. The van der Waals surface area contributed by atoms with Gasteiger partial charge in [0.1, 0.15) is 6.29 Å². The predicted molar refractivity (Wildman–Crippen MR) is 59.6 cm³/mol. The van der Waals surface area contributed by atoms with Gasteiger partial charge in [-0.25, -0.2) is 0 Å². The quantitative estimate of drug-likeness (QED) is 0.415. The van der Waals surface area contributed by atoms with E-state index in [-0.39, 0.29) is 35.7 Å². The molecule has 2 aliphatic carbocycles. The van der Waals surface area contributed by atoms with Crippen molar-refractivity contribution in [3.05, 3.63) is 12.2 Å². The number of aldehydes is 1. The molecule has 0 aromatic heterocycles. The average Bonchev–Trinajstić information content (AvgIpc) is 2.87. The van der Waals surface area contributed by atoms with Gasteiger partial charge in [0.25, 0.3) is 0 Å². The molecule has 0 aromatic rings. The molecule has 88 valence electrons. The zero-order valence-electron chi connectivity index (χ0n) is 9.76. The van der Waals surface area contributed by atoms with Crippen LogP contribution in [0.25, 0.3) is 0 Å². The van der Waals surface area contributed by atoms with E-state index in [1.54, 1.807) is 0 Å². The molecule has 5 unspecified atom stereocenters. The Morgan fingerprint density at radius 3 is 2.81 bits per heavy atom. The van der Waals surface area contributed by atoms with Crippen LogP contribution in [0.5, 0.6) is 0 Å². The summed E-state index contributed by atoms with van der Waals surface area (Å²) < 4.78 is 5.34. The Bertz CT molecular complexity index is 321. The van der Waals surface area contributed by atoms with E-state index in [0.717, 1.165) is 19.1 Å². The molecule has 2 rings (SSSR count). The molecule has 16 heavy (non-hydrogen) atoms. The van der Waals surface area contributed by atoms with Gasteiger partial charge in [-0.15, -0.1) is 0 Å². The Kier molecular flexibility index (Phi) is 3.13. The highest BCUT2D eigenvalue weighted by atomic mass is 16.5. The van der Waals surface area contributed by atoms with Crippen LogP contribution in [0.2, 0.25) is 0 Å². The highest BCUT2D eigenvalue weighted by Crippen LogP contribution is 2.47. The first-order chi connectivity index (χ1) is 7.67. The fourth-order valence-electron chi connectivity index (χ4n) is 2.74. The molecule has 0 amide bonds. The zero-order chi connectivity index (χ0) is 11.7. The lowest BCUT2D eigenvalue weighted by molar-refractivity contribution is -0.156. The van der Waals surface area contributed by atoms with E-state index >= 15 is 0 Å². The number of ether oxygens (including phenoxy) is 1. The number of fused-ring (bicyclic) bond motifs is 2. The van der Waals surface area contributed by atoms with Gasteiger partial charge >= 0.3 is 5.97 Å². The Morgan fingerprint density at radius 2 is 2.19 bits per heavy atom. The second-order valence-corrected chi connectivity index (χ2v) is 4.84.